The van der Waals surface area contributed by atoms with Crippen molar-refractivity contribution in [3.05, 3.63) is 34.9 Å². The van der Waals surface area contributed by atoms with E-state index in [0.29, 0.717) is 5.92 Å². The van der Waals surface area contributed by atoms with Crippen LogP contribution in [0.4, 0.5) is 0 Å². The fraction of sp³-hybridized carbons (Fsp3) is 0.588. The molecule has 1 aromatic rings. The second-order valence-corrected chi connectivity index (χ2v) is 5.90. The van der Waals surface area contributed by atoms with Gasteiger partial charge in [-0.2, -0.15) is 0 Å². The van der Waals surface area contributed by atoms with Crippen molar-refractivity contribution in [1.29, 1.82) is 0 Å². The zero-order valence-corrected chi connectivity index (χ0v) is 12.7. The summed E-state index contributed by atoms with van der Waals surface area (Å²) in [6.45, 7) is 7.62. The Morgan fingerprint density at radius 1 is 1.30 bits per heavy atom. The molecule has 0 aliphatic carbocycles. The zero-order chi connectivity index (χ0) is 14.7. The molecule has 1 saturated heterocycles. The van der Waals surface area contributed by atoms with E-state index in [9.17, 15) is 9.90 Å². The summed E-state index contributed by atoms with van der Waals surface area (Å²) in [5, 5.41) is 9.89. The number of carbonyl (C=O) groups excluding carboxylic acids is 1. The highest BCUT2D eigenvalue weighted by Gasteiger charge is 2.27. The van der Waals surface area contributed by atoms with Crippen molar-refractivity contribution in [2.45, 2.75) is 46.1 Å². The van der Waals surface area contributed by atoms with Crippen LogP contribution in [0.5, 0.6) is 0 Å². The van der Waals surface area contributed by atoms with Gasteiger partial charge >= 0.3 is 0 Å². The van der Waals surface area contributed by atoms with Crippen LogP contribution in [0.1, 0.15) is 47.7 Å². The zero-order valence-electron chi connectivity index (χ0n) is 12.7. The molecule has 1 unspecified atom stereocenters. The highest BCUT2D eigenvalue weighted by Crippen LogP contribution is 2.23. The van der Waals surface area contributed by atoms with Crippen LogP contribution in [0, 0.1) is 19.8 Å². The average Bonchev–Trinajstić information content (AvgIpc) is 2.48. The third-order valence-electron chi connectivity index (χ3n) is 4.54. The van der Waals surface area contributed by atoms with Crippen LogP contribution in [-0.2, 0) is 0 Å². The molecule has 1 N–H and O–H groups in total. The molecule has 1 fully saturated rings. The van der Waals surface area contributed by atoms with Crippen LogP contribution in [-0.4, -0.2) is 35.1 Å². The lowest BCUT2D eigenvalue weighted by atomic mass is 9.89. The SMILES string of the molecule is CCC(O)C1CCN(C(=O)c2ccc(C)c(C)c2)CC1. The summed E-state index contributed by atoms with van der Waals surface area (Å²) in [5.74, 6) is 0.473. The third kappa shape index (κ3) is 3.21. The molecule has 3 nitrogen and oxygen atoms in total. The molecule has 0 bridgehead atoms. The summed E-state index contributed by atoms with van der Waals surface area (Å²) in [7, 11) is 0. The van der Waals surface area contributed by atoms with Crippen LogP contribution < -0.4 is 0 Å². The number of amides is 1. The number of aliphatic hydroxyl groups excluding tert-OH is 1. The molecule has 1 heterocycles. The maximum atomic E-state index is 12.5. The maximum absolute atomic E-state index is 12.5. The summed E-state index contributed by atoms with van der Waals surface area (Å²) in [6, 6.07) is 5.90. The number of hydrogen-bond donors (Lipinski definition) is 1. The monoisotopic (exact) mass is 275 g/mol. The molecule has 1 atom stereocenters. The molecule has 0 saturated carbocycles. The average molecular weight is 275 g/mol. The Balaban J connectivity index is 1.99. The van der Waals surface area contributed by atoms with Gasteiger partial charge in [0.15, 0.2) is 0 Å². The molecule has 1 aliphatic heterocycles. The minimum atomic E-state index is -0.214. The Hall–Kier alpha value is -1.35. The number of nitrogens with zero attached hydrogens (tertiary/aromatic N) is 1. The third-order valence-corrected chi connectivity index (χ3v) is 4.54. The molecule has 110 valence electrons. The quantitative estimate of drug-likeness (QED) is 0.921. The Labute approximate surface area is 121 Å². The van der Waals surface area contributed by atoms with E-state index >= 15 is 0 Å². The minimum Gasteiger partial charge on any atom is -0.393 e. The van der Waals surface area contributed by atoms with E-state index in [4.69, 9.17) is 0 Å². The van der Waals surface area contributed by atoms with Gasteiger partial charge in [-0.15, -0.1) is 0 Å². The van der Waals surface area contributed by atoms with Gasteiger partial charge < -0.3 is 10.0 Å². The van der Waals surface area contributed by atoms with E-state index in [-0.39, 0.29) is 12.0 Å². The Kier molecular flexibility index (Phi) is 4.81. The predicted molar refractivity (Wildman–Crippen MR) is 80.8 cm³/mol. The normalized spacial score (nSPS) is 18.1. The fourth-order valence-corrected chi connectivity index (χ4v) is 2.88. The van der Waals surface area contributed by atoms with Gasteiger partial charge in [0.25, 0.3) is 5.91 Å². The molecule has 1 aliphatic rings. The topological polar surface area (TPSA) is 40.5 Å². The van der Waals surface area contributed by atoms with E-state index in [1.165, 1.54) is 5.56 Å². The fourth-order valence-electron chi connectivity index (χ4n) is 2.88. The molecule has 1 amide bonds. The lowest BCUT2D eigenvalue weighted by Gasteiger charge is -2.34. The van der Waals surface area contributed by atoms with Crippen molar-refractivity contribution in [2.75, 3.05) is 13.1 Å². The number of aliphatic hydroxyl groups is 1. The van der Waals surface area contributed by atoms with Gasteiger partial charge in [0.1, 0.15) is 0 Å². The Morgan fingerprint density at radius 3 is 2.50 bits per heavy atom. The molecular formula is C17H25NO2. The standard InChI is InChI=1S/C17H25NO2/c1-4-16(19)14-7-9-18(10-8-14)17(20)15-6-5-12(2)13(3)11-15/h5-6,11,14,16,19H,4,7-10H2,1-3H3. The van der Waals surface area contributed by atoms with E-state index in [1.54, 1.807) is 0 Å². The first kappa shape index (κ1) is 15.0. The number of benzene rings is 1. The van der Waals surface area contributed by atoms with E-state index in [1.807, 2.05) is 36.9 Å². The second kappa shape index (κ2) is 6.40. The van der Waals surface area contributed by atoms with Crippen LogP contribution in [0.3, 0.4) is 0 Å². The number of hydrogen-bond acceptors (Lipinski definition) is 2. The predicted octanol–water partition coefficient (Wildman–Crippen LogP) is 2.93. The number of aryl methyl sites for hydroxylation is 2. The van der Waals surface area contributed by atoms with Gasteiger partial charge in [-0.3, -0.25) is 4.79 Å². The van der Waals surface area contributed by atoms with Crippen molar-refractivity contribution in [1.82, 2.24) is 4.90 Å². The smallest absolute Gasteiger partial charge is 0.253 e. The summed E-state index contributed by atoms with van der Waals surface area (Å²) < 4.78 is 0. The van der Waals surface area contributed by atoms with Crippen LogP contribution in [0.2, 0.25) is 0 Å². The number of rotatable bonds is 3. The van der Waals surface area contributed by atoms with Gasteiger partial charge in [0, 0.05) is 18.7 Å². The molecule has 0 aromatic heterocycles. The first-order valence-electron chi connectivity index (χ1n) is 7.57. The minimum absolute atomic E-state index is 0.123. The summed E-state index contributed by atoms with van der Waals surface area (Å²) in [6.07, 6.45) is 2.40. The molecule has 20 heavy (non-hydrogen) atoms. The van der Waals surface area contributed by atoms with Crippen molar-refractivity contribution in [2.24, 2.45) is 5.92 Å². The molecular weight excluding hydrogens is 250 g/mol. The molecule has 3 heteroatoms. The second-order valence-electron chi connectivity index (χ2n) is 5.90. The summed E-state index contributed by atoms with van der Waals surface area (Å²) >= 11 is 0. The van der Waals surface area contributed by atoms with Crippen molar-refractivity contribution in [3.63, 3.8) is 0 Å². The van der Waals surface area contributed by atoms with Crippen LogP contribution in [0.15, 0.2) is 18.2 Å². The van der Waals surface area contributed by atoms with Crippen molar-refractivity contribution >= 4 is 5.91 Å². The van der Waals surface area contributed by atoms with Crippen LogP contribution >= 0.6 is 0 Å². The number of likely N-dealkylation sites (tertiary alicyclic amines) is 1. The lowest BCUT2D eigenvalue weighted by molar-refractivity contribution is 0.0453. The van der Waals surface area contributed by atoms with E-state index in [2.05, 4.69) is 6.92 Å². The van der Waals surface area contributed by atoms with Crippen LogP contribution in [0.25, 0.3) is 0 Å². The van der Waals surface area contributed by atoms with Gasteiger partial charge in [-0.05, 0) is 62.3 Å². The first-order chi connectivity index (χ1) is 9.52. The van der Waals surface area contributed by atoms with Gasteiger partial charge in [0.2, 0.25) is 0 Å². The summed E-state index contributed by atoms with van der Waals surface area (Å²) in [5.41, 5.74) is 3.15. The first-order valence-corrected chi connectivity index (χ1v) is 7.57. The number of piperidine rings is 1. The molecule has 2 rings (SSSR count). The summed E-state index contributed by atoms with van der Waals surface area (Å²) in [4.78, 5) is 14.4. The van der Waals surface area contributed by atoms with E-state index < -0.39 is 0 Å². The largest absolute Gasteiger partial charge is 0.393 e. The molecule has 0 radical (unpaired) electrons. The van der Waals surface area contributed by atoms with Crippen molar-refractivity contribution < 1.29 is 9.90 Å². The van der Waals surface area contributed by atoms with Crippen molar-refractivity contribution in [3.8, 4) is 0 Å². The molecule has 0 spiro atoms. The highest BCUT2D eigenvalue weighted by atomic mass is 16.3. The highest BCUT2D eigenvalue weighted by molar-refractivity contribution is 5.94. The van der Waals surface area contributed by atoms with E-state index in [0.717, 1.165) is 43.5 Å². The maximum Gasteiger partial charge on any atom is 0.253 e. The lowest BCUT2D eigenvalue weighted by Crippen LogP contribution is -2.41. The Morgan fingerprint density at radius 2 is 1.95 bits per heavy atom. The van der Waals surface area contributed by atoms with Gasteiger partial charge in [-0.25, -0.2) is 0 Å². The molecule has 1 aromatic carbocycles. The number of carbonyl (C=O) groups is 1. The Bertz CT molecular complexity index is 476. The van der Waals surface area contributed by atoms with Gasteiger partial charge in [0.05, 0.1) is 6.10 Å². The van der Waals surface area contributed by atoms with Gasteiger partial charge in [-0.1, -0.05) is 13.0 Å².